The van der Waals surface area contributed by atoms with Crippen molar-refractivity contribution in [3.05, 3.63) is 34.9 Å². The Bertz CT molecular complexity index is 371. The van der Waals surface area contributed by atoms with Crippen LogP contribution in [0.4, 0.5) is 0 Å². The van der Waals surface area contributed by atoms with E-state index in [0.717, 1.165) is 0 Å². The van der Waals surface area contributed by atoms with Gasteiger partial charge in [0.15, 0.2) is 11.1 Å². The quantitative estimate of drug-likeness (QED) is 0.681. The van der Waals surface area contributed by atoms with Crippen molar-refractivity contribution in [3.8, 4) is 0 Å². The van der Waals surface area contributed by atoms with Crippen molar-refractivity contribution in [2.75, 3.05) is 7.11 Å². The summed E-state index contributed by atoms with van der Waals surface area (Å²) in [6, 6.07) is 6.67. The highest BCUT2D eigenvalue weighted by Gasteiger charge is 2.20. The standard InChI is InChI=1S/C10H10Cl3NO2/c1-16-10(8(12)13)14-9(15)6-4-2-3-5-7(6)11/h2-5,8,10H,1H3,(H,14,15). The highest BCUT2D eigenvalue weighted by atomic mass is 35.5. The van der Waals surface area contributed by atoms with Crippen LogP contribution in [0.3, 0.4) is 0 Å². The van der Waals surface area contributed by atoms with Gasteiger partial charge < -0.3 is 10.1 Å². The van der Waals surface area contributed by atoms with Gasteiger partial charge in [0.05, 0.1) is 10.6 Å². The molecule has 0 aromatic heterocycles. The van der Waals surface area contributed by atoms with Gasteiger partial charge in [-0.2, -0.15) is 0 Å². The molecular formula is C10H10Cl3NO2. The number of nitrogens with one attached hydrogen (secondary N) is 1. The Morgan fingerprint density at radius 1 is 1.38 bits per heavy atom. The predicted molar refractivity (Wildman–Crippen MR) is 65.2 cm³/mol. The first-order chi connectivity index (χ1) is 7.56. The number of amides is 1. The molecule has 0 aliphatic rings. The highest BCUT2D eigenvalue weighted by Crippen LogP contribution is 2.16. The molecular weight excluding hydrogens is 272 g/mol. The van der Waals surface area contributed by atoms with Crippen LogP contribution in [0, 0.1) is 0 Å². The fraction of sp³-hybridized carbons (Fsp3) is 0.300. The minimum absolute atomic E-state index is 0.347. The molecule has 0 saturated carbocycles. The van der Waals surface area contributed by atoms with Gasteiger partial charge in [0, 0.05) is 7.11 Å². The molecule has 88 valence electrons. The van der Waals surface area contributed by atoms with Gasteiger partial charge in [-0.1, -0.05) is 23.7 Å². The van der Waals surface area contributed by atoms with E-state index in [1.54, 1.807) is 24.3 Å². The number of halogens is 3. The van der Waals surface area contributed by atoms with Gasteiger partial charge in [-0.25, -0.2) is 0 Å². The zero-order valence-electron chi connectivity index (χ0n) is 8.41. The number of hydrogen-bond acceptors (Lipinski definition) is 2. The maximum Gasteiger partial charge on any atom is 0.254 e. The SMILES string of the molecule is COC(NC(=O)c1ccccc1Cl)C(Cl)Cl. The first-order valence-electron chi connectivity index (χ1n) is 4.42. The van der Waals surface area contributed by atoms with E-state index in [0.29, 0.717) is 10.6 Å². The molecule has 1 aromatic carbocycles. The van der Waals surface area contributed by atoms with Gasteiger partial charge in [0.25, 0.3) is 5.91 Å². The minimum atomic E-state index is -0.851. The van der Waals surface area contributed by atoms with Crippen molar-refractivity contribution in [2.45, 2.75) is 11.1 Å². The lowest BCUT2D eigenvalue weighted by Crippen LogP contribution is -2.40. The molecule has 1 unspecified atom stereocenters. The van der Waals surface area contributed by atoms with Crippen LogP contribution in [0.5, 0.6) is 0 Å². The Labute approximate surface area is 109 Å². The van der Waals surface area contributed by atoms with Crippen LogP contribution in [0.1, 0.15) is 10.4 Å². The molecule has 1 aromatic rings. The molecule has 1 rings (SSSR count). The van der Waals surface area contributed by atoms with Crippen molar-refractivity contribution in [3.63, 3.8) is 0 Å². The molecule has 0 fully saturated rings. The zero-order valence-corrected chi connectivity index (χ0v) is 10.7. The first kappa shape index (κ1) is 13.6. The Balaban J connectivity index is 2.76. The summed E-state index contributed by atoms with van der Waals surface area (Å²) >= 11 is 17.1. The molecule has 3 nitrogen and oxygen atoms in total. The summed E-state index contributed by atoms with van der Waals surface area (Å²) in [5, 5.41) is 2.87. The molecule has 1 amide bonds. The van der Waals surface area contributed by atoms with Crippen molar-refractivity contribution < 1.29 is 9.53 Å². The minimum Gasteiger partial charge on any atom is -0.359 e. The molecule has 1 N–H and O–H groups in total. The van der Waals surface area contributed by atoms with Crippen LogP contribution in [-0.2, 0) is 4.74 Å². The van der Waals surface area contributed by atoms with E-state index in [1.165, 1.54) is 7.11 Å². The van der Waals surface area contributed by atoms with Crippen LogP contribution in [0.2, 0.25) is 5.02 Å². The summed E-state index contributed by atoms with van der Waals surface area (Å²) < 4.78 is 4.90. The summed E-state index contributed by atoms with van der Waals surface area (Å²) in [4.78, 5) is 10.9. The van der Waals surface area contributed by atoms with Crippen LogP contribution < -0.4 is 5.32 Å². The van der Waals surface area contributed by atoms with Crippen LogP contribution in [0.15, 0.2) is 24.3 Å². The molecule has 0 aliphatic carbocycles. The second kappa shape index (κ2) is 6.30. The largest absolute Gasteiger partial charge is 0.359 e. The van der Waals surface area contributed by atoms with Crippen LogP contribution >= 0.6 is 34.8 Å². The Morgan fingerprint density at radius 3 is 2.50 bits per heavy atom. The summed E-state index contributed by atoms with van der Waals surface area (Å²) in [6.45, 7) is 0. The normalized spacial score (nSPS) is 12.6. The monoisotopic (exact) mass is 281 g/mol. The molecule has 0 spiro atoms. The lowest BCUT2D eigenvalue weighted by atomic mass is 10.2. The van der Waals surface area contributed by atoms with E-state index in [9.17, 15) is 4.79 Å². The average Bonchev–Trinajstić information content (AvgIpc) is 2.25. The summed E-state index contributed by atoms with van der Waals surface area (Å²) in [7, 11) is 1.40. The second-order valence-electron chi connectivity index (χ2n) is 2.94. The number of carbonyl (C=O) groups excluding carboxylic acids is 1. The molecule has 16 heavy (non-hydrogen) atoms. The molecule has 0 heterocycles. The predicted octanol–water partition coefficient (Wildman–Crippen LogP) is 2.85. The number of hydrogen-bond donors (Lipinski definition) is 1. The zero-order chi connectivity index (χ0) is 12.1. The number of alkyl halides is 2. The number of methoxy groups -OCH3 is 1. The third kappa shape index (κ3) is 3.52. The molecule has 0 saturated heterocycles. The summed E-state index contributed by atoms with van der Waals surface area (Å²) in [5.74, 6) is -0.385. The molecule has 0 aliphatic heterocycles. The van der Waals surface area contributed by atoms with Crippen molar-refractivity contribution >= 4 is 40.7 Å². The number of benzene rings is 1. The van der Waals surface area contributed by atoms with Gasteiger partial charge in [-0.3, -0.25) is 4.79 Å². The van der Waals surface area contributed by atoms with E-state index >= 15 is 0 Å². The van der Waals surface area contributed by atoms with E-state index < -0.39 is 11.1 Å². The number of ether oxygens (including phenoxy) is 1. The molecule has 6 heteroatoms. The van der Waals surface area contributed by atoms with Crippen LogP contribution in [0.25, 0.3) is 0 Å². The van der Waals surface area contributed by atoms with Gasteiger partial charge in [0.1, 0.15) is 0 Å². The third-order valence-corrected chi connectivity index (χ3v) is 2.66. The first-order valence-corrected chi connectivity index (χ1v) is 5.67. The average molecular weight is 283 g/mol. The molecule has 0 bridgehead atoms. The lowest BCUT2D eigenvalue weighted by Gasteiger charge is -2.18. The Morgan fingerprint density at radius 2 is 2.00 bits per heavy atom. The van der Waals surface area contributed by atoms with Crippen molar-refractivity contribution in [1.29, 1.82) is 0 Å². The summed E-state index contributed by atoms with van der Waals surface area (Å²) in [6.07, 6.45) is -0.771. The second-order valence-corrected chi connectivity index (χ2v) is 4.52. The van der Waals surface area contributed by atoms with E-state index in [4.69, 9.17) is 39.5 Å². The topological polar surface area (TPSA) is 38.3 Å². The third-order valence-electron chi connectivity index (χ3n) is 1.87. The van der Waals surface area contributed by atoms with Crippen LogP contribution in [-0.4, -0.2) is 24.1 Å². The van der Waals surface area contributed by atoms with Gasteiger partial charge in [0.2, 0.25) is 0 Å². The maximum atomic E-state index is 11.7. The maximum absolute atomic E-state index is 11.7. The van der Waals surface area contributed by atoms with Gasteiger partial charge in [-0.15, -0.1) is 23.2 Å². The van der Waals surface area contributed by atoms with Crippen molar-refractivity contribution in [1.82, 2.24) is 5.32 Å². The smallest absolute Gasteiger partial charge is 0.254 e. The fourth-order valence-electron chi connectivity index (χ4n) is 1.08. The van der Waals surface area contributed by atoms with Crippen molar-refractivity contribution in [2.24, 2.45) is 0 Å². The Kier molecular flexibility index (Phi) is 5.35. The number of rotatable bonds is 4. The lowest BCUT2D eigenvalue weighted by molar-refractivity contribution is 0.0636. The Hall–Kier alpha value is -0.480. The summed E-state index contributed by atoms with van der Waals surface area (Å²) in [5.41, 5.74) is 0.347. The number of carbonyl (C=O) groups is 1. The fourth-order valence-corrected chi connectivity index (χ4v) is 1.63. The van der Waals surface area contributed by atoms with Gasteiger partial charge >= 0.3 is 0 Å². The van der Waals surface area contributed by atoms with E-state index in [-0.39, 0.29) is 5.91 Å². The van der Waals surface area contributed by atoms with Gasteiger partial charge in [-0.05, 0) is 12.1 Å². The van der Waals surface area contributed by atoms with E-state index in [2.05, 4.69) is 5.32 Å². The molecule has 0 radical (unpaired) electrons. The van der Waals surface area contributed by atoms with E-state index in [1.807, 2.05) is 0 Å². The highest BCUT2D eigenvalue weighted by molar-refractivity contribution is 6.44. The molecule has 1 atom stereocenters.